The molecule has 0 radical (unpaired) electrons. The van der Waals surface area contributed by atoms with Crippen molar-refractivity contribution in [2.24, 2.45) is 0 Å². The van der Waals surface area contributed by atoms with E-state index in [1.54, 1.807) is 5.57 Å². The van der Waals surface area contributed by atoms with Crippen molar-refractivity contribution >= 4 is 17.8 Å². The van der Waals surface area contributed by atoms with Crippen molar-refractivity contribution < 1.29 is 0 Å². The van der Waals surface area contributed by atoms with Crippen LogP contribution >= 0.6 is 6.04 Å². The van der Waals surface area contributed by atoms with Gasteiger partial charge >= 0.3 is 0 Å². The standard InChI is InChI=1S/C9H15PS/c1-10(11)7-6-8-4-2-3-5-9(8)10/h6,9H,2-5,7H2,1H3/t9-,10+/m0/s1. The van der Waals surface area contributed by atoms with Gasteiger partial charge in [0.25, 0.3) is 0 Å². The first kappa shape index (κ1) is 8.01. The molecule has 0 aromatic carbocycles. The Morgan fingerprint density at radius 3 is 3.09 bits per heavy atom. The molecule has 0 unspecified atom stereocenters. The molecule has 1 saturated carbocycles. The monoisotopic (exact) mass is 186 g/mol. The fourth-order valence-electron chi connectivity index (χ4n) is 2.31. The third-order valence-corrected chi connectivity index (χ3v) is 7.02. The summed E-state index contributed by atoms with van der Waals surface area (Å²) in [6, 6.07) is -0.934. The summed E-state index contributed by atoms with van der Waals surface area (Å²) in [6.45, 7) is 2.35. The van der Waals surface area contributed by atoms with E-state index < -0.39 is 6.04 Å². The van der Waals surface area contributed by atoms with Crippen LogP contribution in [0, 0.1) is 0 Å². The summed E-state index contributed by atoms with van der Waals surface area (Å²) >= 11 is 5.67. The van der Waals surface area contributed by atoms with E-state index in [4.69, 9.17) is 11.8 Å². The van der Waals surface area contributed by atoms with E-state index in [9.17, 15) is 0 Å². The molecule has 0 bridgehead atoms. The second kappa shape index (κ2) is 2.71. The molecular weight excluding hydrogens is 171 g/mol. The number of hydrogen-bond donors (Lipinski definition) is 0. The van der Waals surface area contributed by atoms with Crippen molar-refractivity contribution in [2.75, 3.05) is 12.8 Å². The molecular formula is C9H15PS. The molecule has 0 N–H and O–H groups in total. The Kier molecular flexibility index (Phi) is 1.97. The van der Waals surface area contributed by atoms with Crippen LogP contribution < -0.4 is 0 Å². The van der Waals surface area contributed by atoms with Gasteiger partial charge in [-0.15, -0.1) is 0 Å². The molecule has 1 heterocycles. The number of rotatable bonds is 0. The average Bonchev–Trinajstić information content (AvgIpc) is 2.29. The first-order valence-corrected chi connectivity index (χ1v) is 7.96. The molecule has 0 amide bonds. The number of hydrogen-bond acceptors (Lipinski definition) is 1. The van der Waals surface area contributed by atoms with Crippen LogP contribution in [0.3, 0.4) is 0 Å². The summed E-state index contributed by atoms with van der Waals surface area (Å²) in [7, 11) is 0. The Hall–Kier alpha value is 0.390. The van der Waals surface area contributed by atoms with Gasteiger partial charge in [0.05, 0.1) is 0 Å². The molecule has 62 valence electrons. The molecule has 0 saturated heterocycles. The molecule has 0 nitrogen and oxygen atoms in total. The summed E-state index contributed by atoms with van der Waals surface area (Å²) in [5.41, 5.74) is 2.59. The first-order chi connectivity index (χ1) is 5.20. The lowest BCUT2D eigenvalue weighted by molar-refractivity contribution is 0.609. The van der Waals surface area contributed by atoms with Crippen molar-refractivity contribution in [1.29, 1.82) is 0 Å². The van der Waals surface area contributed by atoms with Crippen LogP contribution in [0.4, 0.5) is 0 Å². The maximum atomic E-state index is 5.67. The lowest BCUT2D eigenvalue weighted by Gasteiger charge is -2.27. The summed E-state index contributed by atoms with van der Waals surface area (Å²) in [6.07, 6.45) is 9.30. The second-order valence-electron chi connectivity index (χ2n) is 3.90. The van der Waals surface area contributed by atoms with Gasteiger partial charge < -0.3 is 0 Å². The normalized spacial score (nSPS) is 43.4. The van der Waals surface area contributed by atoms with Crippen LogP contribution in [-0.2, 0) is 11.8 Å². The topological polar surface area (TPSA) is 0 Å². The molecule has 2 rings (SSSR count). The van der Waals surface area contributed by atoms with Crippen molar-refractivity contribution in [3.05, 3.63) is 11.6 Å². The van der Waals surface area contributed by atoms with E-state index in [0.717, 1.165) is 5.66 Å². The third-order valence-electron chi connectivity index (χ3n) is 3.00. The van der Waals surface area contributed by atoms with E-state index in [1.807, 2.05) is 0 Å². The largest absolute Gasteiger partial charge is 0.0968 e. The molecule has 2 aliphatic rings. The van der Waals surface area contributed by atoms with Gasteiger partial charge in [0.15, 0.2) is 0 Å². The van der Waals surface area contributed by atoms with Gasteiger partial charge in [-0.2, -0.15) is 0 Å². The van der Waals surface area contributed by atoms with Crippen LogP contribution in [-0.4, -0.2) is 18.5 Å². The highest BCUT2D eigenvalue weighted by Gasteiger charge is 2.32. The molecule has 0 spiro atoms. The maximum Gasteiger partial charge on any atom is 0.00914 e. The Labute approximate surface area is 74.1 Å². The summed E-state index contributed by atoms with van der Waals surface area (Å²) in [5.74, 6) is 0. The second-order valence-corrected chi connectivity index (χ2v) is 9.74. The van der Waals surface area contributed by atoms with Crippen LogP contribution in [0.25, 0.3) is 0 Å². The summed E-state index contributed by atoms with van der Waals surface area (Å²) in [4.78, 5) is 0. The fraction of sp³-hybridized carbons (Fsp3) is 0.778. The van der Waals surface area contributed by atoms with Gasteiger partial charge in [-0.25, -0.2) is 0 Å². The number of allylic oxidation sites excluding steroid dienone is 2. The highest BCUT2D eigenvalue weighted by molar-refractivity contribution is 8.14. The van der Waals surface area contributed by atoms with E-state index in [-0.39, 0.29) is 0 Å². The quantitative estimate of drug-likeness (QED) is 0.414. The number of fused-ring (bicyclic) bond motifs is 1. The van der Waals surface area contributed by atoms with Gasteiger partial charge in [-0.3, -0.25) is 0 Å². The van der Waals surface area contributed by atoms with Crippen LogP contribution in [0.2, 0.25) is 0 Å². The van der Waals surface area contributed by atoms with Crippen LogP contribution in [0.5, 0.6) is 0 Å². The van der Waals surface area contributed by atoms with Gasteiger partial charge in [-0.05, 0) is 38.1 Å². The molecule has 2 atom stereocenters. The molecule has 11 heavy (non-hydrogen) atoms. The van der Waals surface area contributed by atoms with Gasteiger partial charge in [0, 0.05) is 5.66 Å². The minimum atomic E-state index is -0.934. The fourth-order valence-corrected chi connectivity index (χ4v) is 5.77. The minimum Gasteiger partial charge on any atom is -0.0968 e. The summed E-state index contributed by atoms with van der Waals surface area (Å²) in [5, 5.41) is 0. The van der Waals surface area contributed by atoms with E-state index in [0.29, 0.717) is 0 Å². The average molecular weight is 186 g/mol. The van der Waals surface area contributed by atoms with Gasteiger partial charge in [0.1, 0.15) is 0 Å². The molecule has 2 heteroatoms. The van der Waals surface area contributed by atoms with Crippen molar-refractivity contribution in [3.8, 4) is 0 Å². The Balaban J connectivity index is 2.25. The Bertz CT molecular complexity index is 242. The van der Waals surface area contributed by atoms with Crippen molar-refractivity contribution in [3.63, 3.8) is 0 Å². The smallest absolute Gasteiger partial charge is 0.00914 e. The Morgan fingerprint density at radius 2 is 2.36 bits per heavy atom. The van der Waals surface area contributed by atoms with E-state index in [2.05, 4.69) is 12.7 Å². The SMILES string of the molecule is C[P@@]1(=S)CC=C2CCCC[C@@H]21. The van der Waals surface area contributed by atoms with Gasteiger partial charge in [0.2, 0.25) is 0 Å². The van der Waals surface area contributed by atoms with Crippen molar-refractivity contribution in [2.45, 2.75) is 31.3 Å². The first-order valence-electron chi connectivity index (χ1n) is 4.45. The zero-order valence-electron chi connectivity index (χ0n) is 7.05. The molecule has 1 aliphatic carbocycles. The minimum absolute atomic E-state index is 0.867. The molecule has 0 aromatic heterocycles. The highest BCUT2D eigenvalue weighted by Crippen LogP contribution is 2.58. The molecule has 0 aromatic rings. The highest BCUT2D eigenvalue weighted by atomic mass is 32.4. The van der Waals surface area contributed by atoms with Crippen LogP contribution in [0.1, 0.15) is 25.7 Å². The predicted molar refractivity (Wildman–Crippen MR) is 55.4 cm³/mol. The zero-order chi connectivity index (χ0) is 7.90. The van der Waals surface area contributed by atoms with Crippen molar-refractivity contribution in [1.82, 2.24) is 0 Å². The lowest BCUT2D eigenvalue weighted by atomic mass is 9.95. The van der Waals surface area contributed by atoms with E-state index in [1.165, 1.54) is 31.8 Å². The summed E-state index contributed by atoms with van der Waals surface area (Å²) < 4.78 is 0. The predicted octanol–water partition coefficient (Wildman–Crippen LogP) is 2.98. The zero-order valence-corrected chi connectivity index (χ0v) is 8.76. The van der Waals surface area contributed by atoms with Gasteiger partial charge in [-0.1, -0.05) is 29.9 Å². The lowest BCUT2D eigenvalue weighted by Crippen LogP contribution is -2.11. The maximum absolute atomic E-state index is 5.67. The van der Waals surface area contributed by atoms with E-state index >= 15 is 0 Å². The third kappa shape index (κ3) is 1.34. The molecule has 1 fully saturated rings. The molecule has 1 aliphatic heterocycles. The Morgan fingerprint density at radius 1 is 1.55 bits per heavy atom. The van der Waals surface area contributed by atoms with Crippen LogP contribution in [0.15, 0.2) is 11.6 Å².